The fourth-order valence-electron chi connectivity index (χ4n) is 2.38. The van der Waals surface area contributed by atoms with E-state index in [0.29, 0.717) is 17.9 Å². The average Bonchev–Trinajstić information content (AvgIpc) is 3.13. The van der Waals surface area contributed by atoms with Crippen LogP contribution in [0.15, 0.2) is 48.8 Å². The van der Waals surface area contributed by atoms with Gasteiger partial charge >= 0.3 is 5.97 Å². The first-order valence-corrected chi connectivity index (χ1v) is 7.69. The maximum atomic E-state index is 14.1. The van der Waals surface area contributed by atoms with E-state index in [1.165, 1.54) is 18.5 Å². The summed E-state index contributed by atoms with van der Waals surface area (Å²) in [4.78, 5) is 14.7. The molecule has 0 saturated carbocycles. The second kappa shape index (κ2) is 7.57. The molecule has 3 aromatic rings. The number of nitrogens with one attached hydrogen (secondary N) is 1. The van der Waals surface area contributed by atoms with Gasteiger partial charge in [-0.3, -0.25) is 9.89 Å². The average molecular weight is 341 g/mol. The molecular weight excluding hydrogens is 325 g/mol. The first-order chi connectivity index (χ1) is 12.1. The van der Waals surface area contributed by atoms with Crippen LogP contribution in [0.25, 0.3) is 11.4 Å². The lowest BCUT2D eigenvalue weighted by Crippen LogP contribution is -2.00. The van der Waals surface area contributed by atoms with E-state index in [2.05, 4.69) is 15.2 Å². The fourth-order valence-corrected chi connectivity index (χ4v) is 2.38. The lowest BCUT2D eigenvalue weighted by molar-refractivity contribution is -0.136. The number of aromatic nitrogens is 3. The summed E-state index contributed by atoms with van der Waals surface area (Å²) in [7, 11) is 0. The van der Waals surface area contributed by atoms with Crippen molar-refractivity contribution >= 4 is 5.97 Å². The van der Waals surface area contributed by atoms with E-state index in [4.69, 9.17) is 9.84 Å². The van der Waals surface area contributed by atoms with Gasteiger partial charge in [0.15, 0.2) is 5.82 Å². The van der Waals surface area contributed by atoms with Crippen molar-refractivity contribution in [3.63, 3.8) is 0 Å². The van der Waals surface area contributed by atoms with Crippen LogP contribution in [0.4, 0.5) is 4.39 Å². The fraction of sp³-hybridized carbons (Fsp3) is 0.167. The monoisotopic (exact) mass is 341 g/mol. The topological polar surface area (TPSA) is 88.1 Å². The van der Waals surface area contributed by atoms with Crippen molar-refractivity contribution < 1.29 is 19.0 Å². The molecule has 0 aliphatic carbocycles. The molecule has 2 aromatic heterocycles. The first-order valence-electron chi connectivity index (χ1n) is 7.69. The van der Waals surface area contributed by atoms with Crippen LogP contribution >= 0.6 is 0 Å². The molecule has 0 atom stereocenters. The Hall–Kier alpha value is -3.22. The third-order valence-corrected chi connectivity index (χ3v) is 3.60. The van der Waals surface area contributed by atoms with Gasteiger partial charge in [0.05, 0.1) is 11.9 Å². The summed E-state index contributed by atoms with van der Waals surface area (Å²) in [6.45, 7) is 0.242. The number of carboxylic acids is 1. The van der Waals surface area contributed by atoms with Crippen molar-refractivity contribution in [3.05, 3.63) is 65.7 Å². The molecule has 0 amide bonds. The van der Waals surface area contributed by atoms with Gasteiger partial charge in [-0.25, -0.2) is 9.37 Å². The summed E-state index contributed by atoms with van der Waals surface area (Å²) in [5.41, 5.74) is 2.47. The van der Waals surface area contributed by atoms with Crippen molar-refractivity contribution in [2.45, 2.75) is 19.4 Å². The van der Waals surface area contributed by atoms with E-state index < -0.39 is 11.8 Å². The number of aryl methyl sites for hydroxylation is 1. The number of benzene rings is 1. The first kappa shape index (κ1) is 16.6. The molecule has 2 heterocycles. The minimum Gasteiger partial charge on any atom is -0.487 e. The number of nitrogens with zero attached hydrogens (tertiary/aromatic N) is 2. The van der Waals surface area contributed by atoms with Crippen LogP contribution in [0.2, 0.25) is 0 Å². The largest absolute Gasteiger partial charge is 0.487 e. The van der Waals surface area contributed by atoms with Crippen LogP contribution < -0.4 is 4.74 Å². The highest BCUT2D eigenvalue weighted by Gasteiger charge is 2.10. The maximum absolute atomic E-state index is 14.1. The molecule has 0 fully saturated rings. The molecule has 1 aromatic carbocycles. The molecule has 128 valence electrons. The molecular formula is C18H16FN3O3. The summed E-state index contributed by atoms with van der Waals surface area (Å²) < 4.78 is 19.7. The van der Waals surface area contributed by atoms with Crippen molar-refractivity contribution in [3.8, 4) is 17.1 Å². The summed E-state index contributed by atoms with van der Waals surface area (Å²) in [6.07, 6.45) is 3.51. The zero-order valence-electron chi connectivity index (χ0n) is 13.3. The van der Waals surface area contributed by atoms with E-state index in [9.17, 15) is 9.18 Å². The maximum Gasteiger partial charge on any atom is 0.303 e. The minimum absolute atomic E-state index is 0.0779. The van der Waals surface area contributed by atoms with Crippen LogP contribution in [0, 0.1) is 5.82 Å². The van der Waals surface area contributed by atoms with Crippen molar-refractivity contribution in [2.75, 3.05) is 0 Å². The smallest absolute Gasteiger partial charge is 0.303 e. The zero-order valence-corrected chi connectivity index (χ0v) is 13.3. The quantitative estimate of drug-likeness (QED) is 0.689. The highest BCUT2D eigenvalue weighted by atomic mass is 19.1. The molecule has 0 spiro atoms. The van der Waals surface area contributed by atoms with Crippen LogP contribution in [0.3, 0.4) is 0 Å². The molecule has 0 aliphatic heterocycles. The Morgan fingerprint density at radius 1 is 1.24 bits per heavy atom. The van der Waals surface area contributed by atoms with Gasteiger partial charge in [0.1, 0.15) is 18.1 Å². The van der Waals surface area contributed by atoms with Gasteiger partial charge < -0.3 is 9.84 Å². The third kappa shape index (κ3) is 4.41. The van der Waals surface area contributed by atoms with Gasteiger partial charge in [0.25, 0.3) is 0 Å². The van der Waals surface area contributed by atoms with Gasteiger partial charge in [0.2, 0.25) is 0 Å². The Kier molecular flexibility index (Phi) is 5.03. The van der Waals surface area contributed by atoms with E-state index in [1.54, 1.807) is 6.07 Å². The van der Waals surface area contributed by atoms with E-state index >= 15 is 0 Å². The zero-order chi connectivity index (χ0) is 17.6. The number of ether oxygens (including phenoxy) is 1. The number of hydrogen-bond donors (Lipinski definition) is 2. The molecule has 0 unspecified atom stereocenters. The van der Waals surface area contributed by atoms with Crippen LogP contribution in [-0.4, -0.2) is 26.3 Å². The Bertz CT molecular complexity index is 866. The third-order valence-electron chi connectivity index (χ3n) is 3.60. The summed E-state index contributed by atoms with van der Waals surface area (Å²) in [5.74, 6) is -1.02. The molecule has 0 saturated heterocycles. The number of H-pyrrole nitrogens is 1. The number of aliphatic carboxylic acids is 1. The number of rotatable bonds is 7. The minimum atomic E-state index is -0.833. The molecule has 7 heteroatoms. The molecule has 0 aliphatic rings. The number of halogens is 1. The van der Waals surface area contributed by atoms with Crippen molar-refractivity contribution in [1.82, 2.24) is 15.2 Å². The lowest BCUT2D eigenvalue weighted by atomic mass is 10.1. The van der Waals surface area contributed by atoms with E-state index in [0.717, 1.165) is 11.1 Å². The van der Waals surface area contributed by atoms with Crippen LogP contribution in [0.5, 0.6) is 5.75 Å². The Morgan fingerprint density at radius 3 is 2.80 bits per heavy atom. The normalized spacial score (nSPS) is 10.6. The second-order valence-corrected chi connectivity index (χ2v) is 5.47. The molecule has 3 rings (SSSR count). The van der Waals surface area contributed by atoms with Gasteiger partial charge in [-0.1, -0.05) is 24.3 Å². The number of carboxylic acid groups (broad SMARTS) is 1. The summed E-state index contributed by atoms with van der Waals surface area (Å²) in [5, 5.41) is 15.2. The Balaban J connectivity index is 1.65. The standard InChI is InChI=1S/C18H16FN3O3/c19-15-9-14(10-20-18(15)16-6-7-21-22-16)25-11-13-3-1-2-12(8-13)4-5-17(23)24/h1-3,6-10H,4-5,11H2,(H,21,22)(H,23,24). The molecule has 0 radical (unpaired) electrons. The number of hydrogen-bond acceptors (Lipinski definition) is 4. The number of carbonyl (C=O) groups is 1. The molecule has 2 N–H and O–H groups in total. The Labute approximate surface area is 143 Å². The summed E-state index contributed by atoms with van der Waals surface area (Å²) >= 11 is 0. The highest BCUT2D eigenvalue weighted by molar-refractivity contribution is 5.67. The van der Waals surface area contributed by atoms with Gasteiger partial charge in [-0.2, -0.15) is 5.10 Å². The van der Waals surface area contributed by atoms with Crippen molar-refractivity contribution in [2.24, 2.45) is 0 Å². The summed E-state index contributed by atoms with van der Waals surface area (Å²) in [6, 6.07) is 10.4. The molecule has 25 heavy (non-hydrogen) atoms. The predicted molar refractivity (Wildman–Crippen MR) is 88.5 cm³/mol. The lowest BCUT2D eigenvalue weighted by Gasteiger charge is -2.08. The van der Waals surface area contributed by atoms with Gasteiger partial charge in [-0.05, 0) is 23.6 Å². The van der Waals surface area contributed by atoms with Crippen LogP contribution in [-0.2, 0) is 17.8 Å². The van der Waals surface area contributed by atoms with E-state index in [1.807, 2.05) is 24.3 Å². The second-order valence-electron chi connectivity index (χ2n) is 5.47. The number of aromatic amines is 1. The van der Waals surface area contributed by atoms with Gasteiger partial charge in [0, 0.05) is 18.7 Å². The Morgan fingerprint density at radius 2 is 2.08 bits per heavy atom. The van der Waals surface area contributed by atoms with Gasteiger partial charge in [-0.15, -0.1) is 0 Å². The SMILES string of the molecule is O=C(O)CCc1cccc(COc2cnc(-c3ccn[nH]3)c(F)c2)c1. The molecule has 0 bridgehead atoms. The highest BCUT2D eigenvalue weighted by Crippen LogP contribution is 2.22. The molecule has 6 nitrogen and oxygen atoms in total. The van der Waals surface area contributed by atoms with E-state index in [-0.39, 0.29) is 18.7 Å². The predicted octanol–water partition coefficient (Wildman–Crippen LogP) is 3.21. The number of pyridine rings is 1. The van der Waals surface area contributed by atoms with Crippen molar-refractivity contribution in [1.29, 1.82) is 0 Å². The van der Waals surface area contributed by atoms with Crippen LogP contribution in [0.1, 0.15) is 17.5 Å².